The minimum absolute atomic E-state index is 0.416. The highest BCUT2D eigenvalue weighted by Crippen LogP contribution is 2.17. The van der Waals surface area contributed by atoms with Crippen LogP contribution in [0.2, 0.25) is 0 Å². The molecule has 0 aliphatic carbocycles. The summed E-state index contributed by atoms with van der Waals surface area (Å²) in [6.07, 6.45) is 16.1. The Balaban J connectivity index is 4.19. The molecule has 0 radical (unpaired) electrons. The number of hydrogen-bond donors (Lipinski definition) is 0. The third kappa shape index (κ3) is 15.7. The summed E-state index contributed by atoms with van der Waals surface area (Å²) in [6, 6.07) is 0. The molecular formula is C24H44O4. The van der Waals surface area contributed by atoms with E-state index in [-0.39, 0.29) is 0 Å². The first kappa shape index (κ1) is 26.7. The lowest BCUT2D eigenvalue weighted by Crippen LogP contribution is -2.15. The van der Waals surface area contributed by atoms with E-state index in [2.05, 4.69) is 27.7 Å². The van der Waals surface area contributed by atoms with Gasteiger partial charge < -0.3 is 9.47 Å². The van der Waals surface area contributed by atoms with Crippen molar-refractivity contribution in [3.63, 3.8) is 0 Å². The van der Waals surface area contributed by atoms with Gasteiger partial charge in [0, 0.05) is 12.2 Å². The molecule has 0 amide bonds. The number of hydrogen-bond acceptors (Lipinski definition) is 4. The molecule has 4 heteroatoms. The lowest BCUT2D eigenvalue weighted by atomic mass is 9.97. The van der Waals surface area contributed by atoms with Crippen molar-refractivity contribution >= 4 is 11.9 Å². The molecule has 4 nitrogen and oxygen atoms in total. The number of unbranched alkanes of at least 4 members (excludes halogenated alkanes) is 4. The standard InChI is InChI=1S/C24H44O4/c1-5-9-11-15-21(13-7-3)19-27-23(25)17-18-24(26)28-20-22(14-8-4)16-12-10-6-2/h17-18,21-22H,5-16,19-20H2,1-4H3. The van der Waals surface area contributed by atoms with Crippen molar-refractivity contribution in [3.05, 3.63) is 12.2 Å². The minimum Gasteiger partial charge on any atom is -0.462 e. The van der Waals surface area contributed by atoms with Gasteiger partial charge in [0.05, 0.1) is 13.2 Å². The quantitative estimate of drug-likeness (QED) is 0.148. The monoisotopic (exact) mass is 396 g/mol. The molecule has 0 saturated carbocycles. The summed E-state index contributed by atoms with van der Waals surface area (Å²) >= 11 is 0. The molecule has 0 spiro atoms. The van der Waals surface area contributed by atoms with Gasteiger partial charge in [-0.1, -0.05) is 79.1 Å². The first-order valence-corrected chi connectivity index (χ1v) is 11.6. The van der Waals surface area contributed by atoms with Crippen LogP contribution in [0.4, 0.5) is 0 Å². The Hall–Kier alpha value is -1.32. The van der Waals surface area contributed by atoms with Gasteiger partial charge in [0.15, 0.2) is 0 Å². The summed E-state index contributed by atoms with van der Waals surface area (Å²) in [7, 11) is 0. The zero-order valence-corrected chi connectivity index (χ0v) is 18.8. The average Bonchev–Trinajstić information content (AvgIpc) is 2.68. The molecule has 0 rings (SSSR count). The molecule has 0 aromatic carbocycles. The predicted molar refractivity (Wildman–Crippen MR) is 116 cm³/mol. The fourth-order valence-corrected chi connectivity index (χ4v) is 3.44. The van der Waals surface area contributed by atoms with E-state index in [0.717, 1.165) is 38.5 Å². The predicted octanol–water partition coefficient (Wildman–Crippen LogP) is 6.62. The second kappa shape index (κ2) is 19.0. The van der Waals surface area contributed by atoms with Crippen LogP contribution in [0.5, 0.6) is 0 Å². The third-order valence-electron chi connectivity index (χ3n) is 5.10. The zero-order valence-electron chi connectivity index (χ0n) is 18.8. The number of carbonyl (C=O) groups is 2. The van der Waals surface area contributed by atoms with Crippen LogP contribution in [-0.2, 0) is 19.1 Å². The summed E-state index contributed by atoms with van der Waals surface area (Å²) in [5.74, 6) is -0.0826. The molecule has 0 N–H and O–H groups in total. The van der Waals surface area contributed by atoms with Crippen LogP contribution in [0, 0.1) is 11.8 Å². The molecule has 0 saturated heterocycles. The van der Waals surface area contributed by atoms with Crippen molar-refractivity contribution in [2.24, 2.45) is 11.8 Å². The van der Waals surface area contributed by atoms with Crippen molar-refractivity contribution in [1.29, 1.82) is 0 Å². The van der Waals surface area contributed by atoms with Gasteiger partial charge in [0.2, 0.25) is 0 Å². The molecule has 0 aromatic heterocycles. The van der Waals surface area contributed by atoms with Crippen molar-refractivity contribution in [3.8, 4) is 0 Å². The maximum Gasteiger partial charge on any atom is 0.331 e. The largest absolute Gasteiger partial charge is 0.462 e. The van der Waals surface area contributed by atoms with E-state index >= 15 is 0 Å². The van der Waals surface area contributed by atoms with Crippen LogP contribution in [0.3, 0.4) is 0 Å². The molecule has 28 heavy (non-hydrogen) atoms. The second-order valence-corrected chi connectivity index (χ2v) is 7.89. The lowest BCUT2D eigenvalue weighted by molar-refractivity contribution is -0.142. The summed E-state index contributed by atoms with van der Waals surface area (Å²) in [5, 5.41) is 0. The van der Waals surface area contributed by atoms with E-state index < -0.39 is 11.9 Å². The maximum absolute atomic E-state index is 11.9. The van der Waals surface area contributed by atoms with Crippen LogP contribution in [0.15, 0.2) is 12.2 Å². The van der Waals surface area contributed by atoms with E-state index in [1.165, 1.54) is 50.7 Å². The highest BCUT2D eigenvalue weighted by Gasteiger charge is 2.12. The fourth-order valence-electron chi connectivity index (χ4n) is 3.44. The minimum atomic E-state index is -0.457. The number of ether oxygens (including phenoxy) is 2. The Morgan fingerprint density at radius 3 is 1.32 bits per heavy atom. The molecule has 2 unspecified atom stereocenters. The first-order chi connectivity index (χ1) is 13.6. The van der Waals surface area contributed by atoms with E-state index in [9.17, 15) is 9.59 Å². The van der Waals surface area contributed by atoms with Gasteiger partial charge in [-0.3, -0.25) is 0 Å². The van der Waals surface area contributed by atoms with Gasteiger partial charge in [-0.05, 0) is 37.5 Å². The van der Waals surface area contributed by atoms with Gasteiger partial charge in [0.1, 0.15) is 0 Å². The Kier molecular flexibility index (Phi) is 18.1. The molecule has 0 aliphatic heterocycles. The maximum atomic E-state index is 11.9. The number of carbonyl (C=O) groups excluding carboxylic acids is 2. The average molecular weight is 397 g/mol. The van der Waals surface area contributed by atoms with Gasteiger partial charge >= 0.3 is 11.9 Å². The van der Waals surface area contributed by atoms with Gasteiger partial charge in [-0.25, -0.2) is 9.59 Å². The topological polar surface area (TPSA) is 52.6 Å². The van der Waals surface area contributed by atoms with Gasteiger partial charge in [0.25, 0.3) is 0 Å². The SMILES string of the molecule is CCCCCC(CCC)COC(=O)C=CC(=O)OCC(CCC)CCCCC. The molecular weight excluding hydrogens is 352 g/mol. The fraction of sp³-hybridized carbons (Fsp3) is 0.833. The smallest absolute Gasteiger partial charge is 0.331 e. The molecule has 0 bridgehead atoms. The van der Waals surface area contributed by atoms with E-state index in [0.29, 0.717) is 25.0 Å². The number of rotatable bonds is 18. The zero-order chi connectivity index (χ0) is 21.0. The number of esters is 2. The highest BCUT2D eigenvalue weighted by molar-refractivity contribution is 5.91. The molecule has 0 heterocycles. The normalized spacial score (nSPS) is 13.4. The van der Waals surface area contributed by atoms with Crippen LogP contribution in [0.25, 0.3) is 0 Å². The van der Waals surface area contributed by atoms with Crippen LogP contribution < -0.4 is 0 Å². The van der Waals surface area contributed by atoms with Crippen LogP contribution in [-0.4, -0.2) is 25.2 Å². The summed E-state index contributed by atoms with van der Waals surface area (Å²) in [4.78, 5) is 23.8. The van der Waals surface area contributed by atoms with Gasteiger partial charge in [-0.15, -0.1) is 0 Å². The summed E-state index contributed by atoms with van der Waals surface area (Å²) < 4.78 is 10.7. The Bertz CT molecular complexity index is 379. The molecule has 0 aliphatic rings. The molecule has 0 aromatic rings. The summed E-state index contributed by atoms with van der Waals surface area (Å²) in [5.41, 5.74) is 0. The van der Waals surface area contributed by atoms with Crippen molar-refractivity contribution in [1.82, 2.24) is 0 Å². The first-order valence-electron chi connectivity index (χ1n) is 11.6. The van der Waals surface area contributed by atoms with Crippen LogP contribution in [0.1, 0.15) is 105 Å². The Labute approximate surface area is 173 Å². The van der Waals surface area contributed by atoms with Crippen LogP contribution >= 0.6 is 0 Å². The molecule has 2 atom stereocenters. The second-order valence-electron chi connectivity index (χ2n) is 7.89. The third-order valence-corrected chi connectivity index (χ3v) is 5.10. The summed E-state index contributed by atoms with van der Waals surface area (Å²) in [6.45, 7) is 9.55. The van der Waals surface area contributed by atoms with E-state index in [1.54, 1.807) is 0 Å². The van der Waals surface area contributed by atoms with Crippen molar-refractivity contribution < 1.29 is 19.1 Å². The van der Waals surface area contributed by atoms with Crippen molar-refractivity contribution in [2.75, 3.05) is 13.2 Å². The Morgan fingerprint density at radius 2 is 1.00 bits per heavy atom. The lowest BCUT2D eigenvalue weighted by Gasteiger charge is -2.16. The molecule has 164 valence electrons. The highest BCUT2D eigenvalue weighted by atomic mass is 16.5. The molecule has 0 fully saturated rings. The van der Waals surface area contributed by atoms with Crippen molar-refractivity contribution in [2.45, 2.75) is 105 Å². The Morgan fingerprint density at radius 1 is 0.607 bits per heavy atom. The van der Waals surface area contributed by atoms with E-state index in [1.807, 2.05) is 0 Å². The van der Waals surface area contributed by atoms with E-state index in [4.69, 9.17) is 9.47 Å². The van der Waals surface area contributed by atoms with Gasteiger partial charge in [-0.2, -0.15) is 0 Å².